The molecule has 4 heteroatoms. The Morgan fingerprint density at radius 3 is 2.55 bits per heavy atom. The minimum absolute atomic E-state index is 0.202. The van der Waals surface area contributed by atoms with Crippen molar-refractivity contribution in [2.45, 2.75) is 31.8 Å². The maximum absolute atomic E-state index is 12.2. The first-order valence-electron chi connectivity index (χ1n) is 10.8. The number of carbonyl (C=O) groups excluding carboxylic acids is 1. The van der Waals surface area contributed by atoms with Crippen molar-refractivity contribution in [3.63, 3.8) is 0 Å². The number of fused-ring (bicyclic) bond motifs is 1. The number of nitrogens with one attached hydrogen (secondary N) is 1. The second-order valence-corrected chi connectivity index (χ2v) is 7.81. The van der Waals surface area contributed by atoms with Gasteiger partial charge >= 0.3 is 0 Å². The van der Waals surface area contributed by atoms with Crippen LogP contribution in [-0.2, 0) is 17.8 Å². The van der Waals surface area contributed by atoms with Crippen LogP contribution < -0.4 is 10.1 Å². The summed E-state index contributed by atoms with van der Waals surface area (Å²) in [7, 11) is 3.24. The maximum atomic E-state index is 12.2. The van der Waals surface area contributed by atoms with E-state index in [4.69, 9.17) is 4.74 Å². The lowest BCUT2D eigenvalue weighted by atomic mass is 9.79. The zero-order valence-electron chi connectivity index (χ0n) is 18.1. The van der Waals surface area contributed by atoms with E-state index < -0.39 is 0 Å². The lowest BCUT2D eigenvalue weighted by molar-refractivity contribution is -0.114. The molecule has 1 N–H and O–H groups in total. The van der Waals surface area contributed by atoms with Gasteiger partial charge in [0.05, 0.1) is 0 Å². The Morgan fingerprint density at radius 2 is 1.77 bits per heavy atom. The van der Waals surface area contributed by atoms with Crippen molar-refractivity contribution in [3.05, 3.63) is 101 Å². The first-order valence-corrected chi connectivity index (χ1v) is 10.8. The minimum Gasteiger partial charge on any atom is -0.489 e. The van der Waals surface area contributed by atoms with Gasteiger partial charge in [0.1, 0.15) is 18.1 Å². The SMILES string of the molecule is CN=C(C(=O)NC)c1ccccc1COc1ccc(C2CCCc3ccccc32)cc1. The van der Waals surface area contributed by atoms with Crippen molar-refractivity contribution in [1.29, 1.82) is 0 Å². The highest BCUT2D eigenvalue weighted by atomic mass is 16.5. The van der Waals surface area contributed by atoms with E-state index in [1.165, 1.54) is 36.0 Å². The lowest BCUT2D eigenvalue weighted by Crippen LogP contribution is -2.29. The number of nitrogens with zero attached hydrogens (tertiary/aromatic N) is 1. The van der Waals surface area contributed by atoms with Gasteiger partial charge in [0.25, 0.3) is 5.91 Å². The van der Waals surface area contributed by atoms with Gasteiger partial charge in [0.2, 0.25) is 0 Å². The summed E-state index contributed by atoms with van der Waals surface area (Å²) >= 11 is 0. The predicted octanol–water partition coefficient (Wildman–Crippen LogP) is 4.90. The second-order valence-electron chi connectivity index (χ2n) is 7.81. The van der Waals surface area contributed by atoms with Crippen molar-refractivity contribution in [2.75, 3.05) is 14.1 Å². The van der Waals surface area contributed by atoms with Crippen LogP contribution in [0.1, 0.15) is 46.6 Å². The molecule has 0 saturated carbocycles. The van der Waals surface area contributed by atoms with Gasteiger partial charge in [-0.25, -0.2) is 0 Å². The standard InChI is InChI=1S/C27H28N2O2/c1-28-26(27(30)29-2)25-12-6-4-9-21(25)18-31-22-16-14-20(15-17-22)24-13-7-10-19-8-3-5-11-23(19)24/h3-6,8-9,11-12,14-17,24H,7,10,13,18H2,1-2H3,(H,29,30). The molecule has 0 spiro atoms. The van der Waals surface area contributed by atoms with Crippen molar-refractivity contribution in [3.8, 4) is 5.75 Å². The Hall–Kier alpha value is -3.40. The van der Waals surface area contributed by atoms with Gasteiger partial charge in [-0.05, 0) is 53.6 Å². The normalized spacial score (nSPS) is 15.8. The second kappa shape index (κ2) is 9.61. The van der Waals surface area contributed by atoms with Crippen LogP contribution in [0.15, 0.2) is 77.8 Å². The predicted molar refractivity (Wildman–Crippen MR) is 125 cm³/mol. The lowest BCUT2D eigenvalue weighted by Gasteiger charge is -2.26. The number of amides is 1. The van der Waals surface area contributed by atoms with Crippen molar-refractivity contribution in [2.24, 2.45) is 4.99 Å². The summed E-state index contributed by atoms with van der Waals surface area (Å²) in [5, 5.41) is 2.65. The zero-order valence-corrected chi connectivity index (χ0v) is 18.1. The van der Waals surface area contributed by atoms with Crippen LogP contribution in [-0.4, -0.2) is 25.7 Å². The van der Waals surface area contributed by atoms with Crippen LogP contribution in [0.3, 0.4) is 0 Å². The Morgan fingerprint density at radius 1 is 1.03 bits per heavy atom. The van der Waals surface area contributed by atoms with E-state index >= 15 is 0 Å². The topological polar surface area (TPSA) is 50.7 Å². The molecule has 0 heterocycles. The first kappa shape index (κ1) is 20.9. The van der Waals surface area contributed by atoms with Gasteiger partial charge in [-0.1, -0.05) is 60.7 Å². The summed E-state index contributed by atoms with van der Waals surface area (Å²) in [6.45, 7) is 0.373. The zero-order chi connectivity index (χ0) is 21.6. The highest BCUT2D eigenvalue weighted by Crippen LogP contribution is 2.37. The fourth-order valence-corrected chi connectivity index (χ4v) is 4.40. The number of rotatable bonds is 6. The van der Waals surface area contributed by atoms with E-state index in [9.17, 15) is 4.79 Å². The monoisotopic (exact) mass is 412 g/mol. The van der Waals surface area contributed by atoms with E-state index in [-0.39, 0.29) is 5.91 Å². The molecule has 4 rings (SSSR count). The molecule has 158 valence electrons. The number of aliphatic imine (C=N–C) groups is 1. The highest BCUT2D eigenvalue weighted by Gasteiger charge is 2.21. The van der Waals surface area contributed by atoms with E-state index in [0.717, 1.165) is 16.9 Å². The molecule has 0 aliphatic heterocycles. The van der Waals surface area contributed by atoms with Crippen LogP contribution >= 0.6 is 0 Å². The number of hydrogen-bond donors (Lipinski definition) is 1. The fourth-order valence-electron chi connectivity index (χ4n) is 4.40. The summed E-state index contributed by atoms with van der Waals surface area (Å²) < 4.78 is 6.07. The smallest absolute Gasteiger partial charge is 0.269 e. The molecule has 0 fully saturated rings. The summed E-state index contributed by atoms with van der Waals surface area (Å²) in [6, 6.07) is 25.0. The van der Waals surface area contributed by atoms with Crippen molar-refractivity contribution in [1.82, 2.24) is 5.32 Å². The van der Waals surface area contributed by atoms with E-state index in [1.54, 1.807) is 14.1 Å². The largest absolute Gasteiger partial charge is 0.489 e. The number of ether oxygens (including phenoxy) is 1. The number of hydrogen-bond acceptors (Lipinski definition) is 3. The molecule has 1 atom stereocenters. The number of likely N-dealkylation sites (N-methyl/N-ethyl adjacent to an activating group) is 1. The van der Waals surface area contributed by atoms with Crippen molar-refractivity contribution >= 4 is 11.6 Å². The molecule has 4 nitrogen and oxygen atoms in total. The molecular formula is C27H28N2O2. The number of carbonyl (C=O) groups is 1. The molecule has 0 saturated heterocycles. The Kier molecular flexibility index (Phi) is 6.46. The van der Waals surface area contributed by atoms with Gasteiger partial charge in [-0.2, -0.15) is 0 Å². The highest BCUT2D eigenvalue weighted by molar-refractivity contribution is 6.45. The Bertz CT molecular complexity index is 1090. The average molecular weight is 413 g/mol. The summed E-state index contributed by atoms with van der Waals surface area (Å²) in [5.41, 5.74) is 6.39. The molecule has 0 aromatic heterocycles. The molecule has 0 bridgehead atoms. The molecule has 31 heavy (non-hydrogen) atoms. The molecule has 3 aromatic carbocycles. The first-order chi connectivity index (χ1) is 15.2. The molecule has 3 aromatic rings. The van der Waals surface area contributed by atoms with Crippen molar-refractivity contribution < 1.29 is 9.53 Å². The van der Waals surface area contributed by atoms with Crippen LogP contribution in [0.5, 0.6) is 5.75 Å². The van der Waals surface area contributed by atoms with E-state index in [0.29, 0.717) is 18.2 Å². The van der Waals surface area contributed by atoms with Crippen LogP contribution in [0, 0.1) is 0 Å². The molecule has 1 unspecified atom stereocenters. The van der Waals surface area contributed by atoms with Gasteiger partial charge in [-0.15, -0.1) is 0 Å². The Balaban J connectivity index is 1.49. The minimum atomic E-state index is -0.202. The quantitative estimate of drug-likeness (QED) is 0.586. The average Bonchev–Trinajstić information content (AvgIpc) is 2.83. The van der Waals surface area contributed by atoms with Crippen LogP contribution in [0.2, 0.25) is 0 Å². The third kappa shape index (κ3) is 4.53. The van der Waals surface area contributed by atoms with Crippen LogP contribution in [0.25, 0.3) is 0 Å². The van der Waals surface area contributed by atoms with Crippen LogP contribution in [0.4, 0.5) is 0 Å². The van der Waals surface area contributed by atoms with Gasteiger partial charge < -0.3 is 10.1 Å². The van der Waals surface area contributed by atoms with E-state index in [2.05, 4.69) is 46.7 Å². The third-order valence-corrected chi connectivity index (χ3v) is 5.98. The van der Waals surface area contributed by atoms with Gasteiger partial charge in [0.15, 0.2) is 0 Å². The van der Waals surface area contributed by atoms with E-state index in [1.807, 2.05) is 36.4 Å². The number of aryl methyl sites for hydroxylation is 1. The third-order valence-electron chi connectivity index (χ3n) is 5.98. The summed E-state index contributed by atoms with van der Waals surface area (Å²) in [6.07, 6.45) is 3.58. The fraction of sp³-hybridized carbons (Fsp3) is 0.259. The summed E-state index contributed by atoms with van der Waals surface area (Å²) in [4.78, 5) is 16.3. The van der Waals surface area contributed by atoms with Gasteiger partial charge in [0, 0.05) is 25.6 Å². The maximum Gasteiger partial charge on any atom is 0.269 e. The Labute approximate surface area is 184 Å². The summed E-state index contributed by atoms with van der Waals surface area (Å²) in [5.74, 6) is 1.07. The molecule has 0 radical (unpaired) electrons. The van der Waals surface area contributed by atoms with Gasteiger partial charge in [-0.3, -0.25) is 9.79 Å². The molecular weight excluding hydrogens is 384 g/mol. The number of benzene rings is 3. The molecule has 1 aliphatic rings. The molecule has 1 aliphatic carbocycles. The molecule has 1 amide bonds.